The van der Waals surface area contributed by atoms with Crippen molar-refractivity contribution in [3.05, 3.63) is 29.6 Å². The summed E-state index contributed by atoms with van der Waals surface area (Å²) >= 11 is 0. The van der Waals surface area contributed by atoms with Crippen molar-refractivity contribution in [2.45, 2.75) is 44.2 Å². The first kappa shape index (κ1) is 22.3. The molecule has 1 saturated heterocycles. The SMILES string of the molecule is CO/N=C1/C(=O)N(Cc2cc(F)ccc2NS(=O)(=O)C(F)(F)F)CCC12CCCC2. The van der Waals surface area contributed by atoms with Gasteiger partial charge in [0, 0.05) is 18.5 Å². The molecule has 0 bridgehead atoms. The Labute approximate surface area is 171 Å². The Bertz CT molecular complexity index is 957. The molecule has 30 heavy (non-hydrogen) atoms. The monoisotopic (exact) mass is 451 g/mol. The predicted octanol–water partition coefficient (Wildman–Crippen LogP) is 3.38. The fraction of sp³-hybridized carbons (Fsp3) is 0.556. The van der Waals surface area contributed by atoms with Gasteiger partial charge in [-0.05, 0) is 43.0 Å². The lowest BCUT2D eigenvalue weighted by Crippen LogP contribution is -2.51. The number of carbonyl (C=O) groups excluding carboxylic acids is 1. The number of nitrogens with one attached hydrogen (secondary N) is 1. The highest BCUT2D eigenvalue weighted by Gasteiger charge is 2.48. The molecule has 0 radical (unpaired) electrons. The lowest BCUT2D eigenvalue weighted by atomic mass is 9.75. The average Bonchev–Trinajstić information content (AvgIpc) is 3.12. The van der Waals surface area contributed by atoms with E-state index in [4.69, 9.17) is 4.84 Å². The van der Waals surface area contributed by atoms with Crippen molar-refractivity contribution < 1.29 is 35.6 Å². The Balaban J connectivity index is 1.89. The first-order chi connectivity index (χ1) is 14.0. The first-order valence-corrected chi connectivity index (χ1v) is 10.8. The number of likely N-dealkylation sites (tertiary alicyclic amines) is 1. The normalized spacial score (nSPS) is 20.8. The second-order valence-electron chi connectivity index (χ2n) is 7.44. The molecular formula is C18H21F4N3O4S. The second-order valence-corrected chi connectivity index (χ2v) is 9.11. The average molecular weight is 451 g/mol. The molecule has 1 aromatic carbocycles. The van der Waals surface area contributed by atoms with Crippen molar-refractivity contribution in [3.8, 4) is 0 Å². The number of hydrogen-bond acceptors (Lipinski definition) is 5. The van der Waals surface area contributed by atoms with Crippen LogP contribution in [0.4, 0.5) is 23.2 Å². The third-order valence-corrected chi connectivity index (χ3v) is 6.67. The summed E-state index contributed by atoms with van der Waals surface area (Å²) in [5, 5.41) is 3.91. The molecule has 1 N–H and O–H groups in total. The zero-order chi connectivity index (χ0) is 22.2. The van der Waals surface area contributed by atoms with Crippen LogP contribution in [0.1, 0.15) is 37.7 Å². The van der Waals surface area contributed by atoms with E-state index in [2.05, 4.69) is 5.16 Å². The topological polar surface area (TPSA) is 88.1 Å². The van der Waals surface area contributed by atoms with Crippen LogP contribution in [0.5, 0.6) is 0 Å². The van der Waals surface area contributed by atoms with Gasteiger partial charge in [0.15, 0.2) is 5.71 Å². The van der Waals surface area contributed by atoms with Crippen LogP contribution in [0.15, 0.2) is 23.4 Å². The maximum atomic E-state index is 13.8. The molecule has 0 unspecified atom stereocenters. The van der Waals surface area contributed by atoms with Crippen molar-refractivity contribution in [2.75, 3.05) is 18.4 Å². The molecule has 2 aliphatic rings. The lowest BCUT2D eigenvalue weighted by molar-refractivity contribution is -0.127. The summed E-state index contributed by atoms with van der Waals surface area (Å²) < 4.78 is 76.4. The number of piperidine rings is 1. The fourth-order valence-electron chi connectivity index (χ4n) is 4.06. The number of alkyl halides is 3. The minimum absolute atomic E-state index is 0.102. The quantitative estimate of drug-likeness (QED) is 0.549. The predicted molar refractivity (Wildman–Crippen MR) is 100 cm³/mol. The van der Waals surface area contributed by atoms with Gasteiger partial charge in [-0.2, -0.15) is 21.6 Å². The molecule has 166 valence electrons. The first-order valence-electron chi connectivity index (χ1n) is 9.27. The zero-order valence-electron chi connectivity index (χ0n) is 16.1. The van der Waals surface area contributed by atoms with Gasteiger partial charge in [-0.1, -0.05) is 18.0 Å². The van der Waals surface area contributed by atoms with Crippen LogP contribution in [-0.4, -0.2) is 44.1 Å². The number of carbonyl (C=O) groups is 1. The molecule has 1 heterocycles. The number of rotatable bonds is 5. The van der Waals surface area contributed by atoms with E-state index in [1.165, 1.54) is 16.7 Å². The van der Waals surface area contributed by atoms with Gasteiger partial charge < -0.3 is 9.74 Å². The molecular weight excluding hydrogens is 430 g/mol. The summed E-state index contributed by atoms with van der Waals surface area (Å²) in [6.45, 7) is -0.00530. The van der Waals surface area contributed by atoms with Crippen molar-refractivity contribution in [1.82, 2.24) is 4.90 Å². The van der Waals surface area contributed by atoms with Gasteiger partial charge in [-0.3, -0.25) is 9.52 Å². The van der Waals surface area contributed by atoms with E-state index in [1.54, 1.807) is 0 Å². The molecule has 7 nitrogen and oxygen atoms in total. The van der Waals surface area contributed by atoms with Crippen molar-refractivity contribution in [2.24, 2.45) is 10.6 Å². The molecule has 12 heteroatoms. The molecule has 1 amide bonds. The summed E-state index contributed by atoms with van der Waals surface area (Å²) in [6.07, 6.45) is 4.04. The van der Waals surface area contributed by atoms with E-state index in [0.717, 1.165) is 43.9 Å². The molecule has 1 spiro atoms. The number of anilines is 1. The summed E-state index contributed by atoms with van der Waals surface area (Å²) in [6, 6.07) is 2.63. The van der Waals surface area contributed by atoms with Crippen LogP contribution in [0.2, 0.25) is 0 Å². The molecule has 1 aliphatic carbocycles. The van der Waals surface area contributed by atoms with Gasteiger partial charge in [0.25, 0.3) is 5.91 Å². The largest absolute Gasteiger partial charge is 0.516 e. The summed E-state index contributed by atoms with van der Waals surface area (Å²) in [5.41, 5.74) is -6.25. The van der Waals surface area contributed by atoms with Gasteiger partial charge in [0.1, 0.15) is 12.9 Å². The van der Waals surface area contributed by atoms with Crippen LogP contribution in [0, 0.1) is 11.2 Å². The number of oxime groups is 1. The van der Waals surface area contributed by atoms with Gasteiger partial charge >= 0.3 is 15.5 Å². The maximum Gasteiger partial charge on any atom is 0.516 e. The number of hydrogen-bond donors (Lipinski definition) is 1. The maximum absolute atomic E-state index is 13.8. The van der Waals surface area contributed by atoms with Gasteiger partial charge in [-0.25, -0.2) is 4.39 Å². The fourth-order valence-corrected chi connectivity index (χ4v) is 4.67. The summed E-state index contributed by atoms with van der Waals surface area (Å²) in [4.78, 5) is 19.2. The smallest absolute Gasteiger partial charge is 0.399 e. The Kier molecular flexibility index (Phi) is 5.99. The summed E-state index contributed by atoms with van der Waals surface area (Å²) in [5.74, 6) is -1.23. The van der Waals surface area contributed by atoms with Crippen LogP contribution in [0.25, 0.3) is 0 Å². The number of sulfonamides is 1. The molecule has 2 fully saturated rings. The molecule has 3 rings (SSSR count). The number of halogens is 4. The van der Waals surface area contributed by atoms with E-state index < -0.39 is 38.4 Å². The Morgan fingerprint density at radius 1 is 1.23 bits per heavy atom. The highest BCUT2D eigenvalue weighted by Crippen LogP contribution is 2.45. The van der Waals surface area contributed by atoms with Gasteiger partial charge in [0.05, 0.1) is 5.69 Å². The van der Waals surface area contributed by atoms with E-state index in [9.17, 15) is 30.8 Å². The Hall–Kier alpha value is -2.37. The standard InChI is InChI=1S/C18H21F4N3O4S/c1-29-23-15-16(26)25(9-8-17(15)6-2-3-7-17)11-12-10-13(19)4-5-14(12)24-30(27,28)18(20,21)22/h4-5,10,24H,2-3,6-9,11H2,1H3/b23-15-. The van der Waals surface area contributed by atoms with Crippen molar-refractivity contribution >= 4 is 27.3 Å². The van der Waals surface area contributed by atoms with Crippen LogP contribution in [-0.2, 0) is 26.2 Å². The van der Waals surface area contributed by atoms with E-state index in [-0.39, 0.29) is 24.4 Å². The van der Waals surface area contributed by atoms with Crippen LogP contribution in [0.3, 0.4) is 0 Å². The number of benzene rings is 1. The van der Waals surface area contributed by atoms with Gasteiger partial charge in [-0.15, -0.1) is 0 Å². The zero-order valence-corrected chi connectivity index (χ0v) is 16.9. The molecule has 1 aliphatic heterocycles. The highest BCUT2D eigenvalue weighted by molar-refractivity contribution is 7.93. The number of amides is 1. The Morgan fingerprint density at radius 3 is 2.50 bits per heavy atom. The lowest BCUT2D eigenvalue weighted by Gasteiger charge is -2.39. The molecule has 1 aromatic rings. The highest BCUT2D eigenvalue weighted by atomic mass is 32.2. The second kappa shape index (κ2) is 8.05. The Morgan fingerprint density at radius 2 is 1.90 bits per heavy atom. The van der Waals surface area contributed by atoms with Crippen molar-refractivity contribution in [3.63, 3.8) is 0 Å². The van der Waals surface area contributed by atoms with E-state index in [0.29, 0.717) is 6.42 Å². The van der Waals surface area contributed by atoms with E-state index >= 15 is 0 Å². The third-order valence-electron chi connectivity index (χ3n) is 5.57. The third kappa shape index (κ3) is 4.23. The summed E-state index contributed by atoms with van der Waals surface area (Å²) in [7, 11) is -4.38. The number of nitrogens with zero attached hydrogens (tertiary/aromatic N) is 2. The van der Waals surface area contributed by atoms with Crippen LogP contribution >= 0.6 is 0 Å². The van der Waals surface area contributed by atoms with Crippen LogP contribution < -0.4 is 4.72 Å². The van der Waals surface area contributed by atoms with Crippen molar-refractivity contribution in [1.29, 1.82) is 0 Å². The minimum atomic E-state index is -5.70. The minimum Gasteiger partial charge on any atom is -0.399 e. The van der Waals surface area contributed by atoms with E-state index in [1.807, 2.05) is 0 Å². The molecule has 0 atom stereocenters. The van der Waals surface area contributed by atoms with Gasteiger partial charge in [0.2, 0.25) is 0 Å². The molecule has 1 saturated carbocycles. The molecule has 0 aromatic heterocycles.